The van der Waals surface area contributed by atoms with Gasteiger partial charge in [-0.3, -0.25) is 0 Å². The minimum Gasteiger partial charge on any atom is -0.455 e. The fourth-order valence-corrected chi connectivity index (χ4v) is 6.30. The van der Waals surface area contributed by atoms with Gasteiger partial charge in [0.25, 0.3) is 0 Å². The molecule has 2 heterocycles. The van der Waals surface area contributed by atoms with Gasteiger partial charge in [-0.2, -0.15) is 4.57 Å². The van der Waals surface area contributed by atoms with Crippen molar-refractivity contribution in [1.29, 1.82) is 0 Å². The SMILES string of the molecule is [2H]C([2H])([2H])c1cc2c(oc3ccccc32)c(-c2cc([Si](C)(C)C)c3ccc(C)cc3[n+]2C)c1C. The first-order valence-corrected chi connectivity index (χ1v) is 14.3. The van der Waals surface area contributed by atoms with E-state index in [1.807, 2.05) is 31.2 Å². The number of pyridine rings is 1. The highest BCUT2D eigenvalue weighted by Crippen LogP contribution is 2.38. The molecule has 3 aromatic carbocycles. The van der Waals surface area contributed by atoms with Crippen molar-refractivity contribution in [1.82, 2.24) is 0 Å². The second kappa shape index (κ2) is 6.79. The van der Waals surface area contributed by atoms with Crippen LogP contribution in [-0.4, -0.2) is 8.07 Å². The van der Waals surface area contributed by atoms with Crippen LogP contribution in [0.3, 0.4) is 0 Å². The van der Waals surface area contributed by atoms with E-state index < -0.39 is 14.9 Å². The van der Waals surface area contributed by atoms with E-state index in [9.17, 15) is 0 Å². The standard InChI is InChI=1S/C28H30NOSi/c1-17-12-13-21-23(14-17)29(4)24(16-26(21)31(5,6)7)27-19(3)18(2)15-22-20-10-8-9-11-25(20)30-28(22)27/h8-16H,1-7H3/q+1/i2D3. The van der Waals surface area contributed by atoms with Gasteiger partial charge in [0.05, 0.1) is 13.6 Å². The van der Waals surface area contributed by atoms with Crippen molar-refractivity contribution < 1.29 is 13.1 Å². The van der Waals surface area contributed by atoms with Crippen LogP contribution in [0, 0.1) is 20.7 Å². The van der Waals surface area contributed by atoms with Gasteiger partial charge in [-0.25, -0.2) is 0 Å². The number of benzene rings is 3. The molecule has 0 fully saturated rings. The van der Waals surface area contributed by atoms with Crippen molar-refractivity contribution >= 4 is 46.1 Å². The average Bonchev–Trinajstić information content (AvgIpc) is 3.11. The molecule has 0 aliphatic rings. The first-order chi connectivity index (χ1) is 15.9. The highest BCUT2D eigenvalue weighted by atomic mass is 28.3. The molecule has 2 nitrogen and oxygen atoms in total. The number of hydrogen-bond acceptors (Lipinski definition) is 1. The van der Waals surface area contributed by atoms with Crippen molar-refractivity contribution in [3.63, 3.8) is 0 Å². The molecule has 5 aromatic rings. The maximum Gasteiger partial charge on any atom is 0.216 e. The minimum atomic E-state index is -2.22. The van der Waals surface area contributed by atoms with Crippen LogP contribution in [0.2, 0.25) is 19.6 Å². The molecular formula is C28H30NOSi+. The molecule has 0 aliphatic heterocycles. The lowest BCUT2D eigenvalue weighted by atomic mass is 9.95. The Morgan fingerprint density at radius 1 is 0.903 bits per heavy atom. The quantitative estimate of drug-likeness (QED) is 0.226. The smallest absolute Gasteiger partial charge is 0.216 e. The highest BCUT2D eigenvalue weighted by molar-refractivity contribution is 6.90. The Morgan fingerprint density at radius 3 is 2.42 bits per heavy atom. The molecule has 0 saturated carbocycles. The van der Waals surface area contributed by atoms with Gasteiger partial charge in [0.2, 0.25) is 11.2 Å². The van der Waals surface area contributed by atoms with E-state index in [0.29, 0.717) is 5.56 Å². The molecule has 0 unspecified atom stereocenters. The fourth-order valence-electron chi connectivity index (χ4n) is 4.71. The lowest BCUT2D eigenvalue weighted by Crippen LogP contribution is -2.43. The number of aryl methyl sites for hydroxylation is 3. The third-order valence-corrected chi connectivity index (χ3v) is 8.47. The topological polar surface area (TPSA) is 17.0 Å². The zero-order chi connectivity index (χ0) is 24.6. The van der Waals surface area contributed by atoms with Gasteiger partial charge in [0.15, 0.2) is 0 Å². The highest BCUT2D eigenvalue weighted by Gasteiger charge is 2.29. The summed E-state index contributed by atoms with van der Waals surface area (Å²) < 4.78 is 33.4. The van der Waals surface area contributed by atoms with E-state index in [2.05, 4.69) is 62.4 Å². The lowest BCUT2D eigenvalue weighted by Gasteiger charge is -2.20. The average molecular weight is 428 g/mol. The molecule has 0 aliphatic carbocycles. The van der Waals surface area contributed by atoms with Gasteiger partial charge in [0, 0.05) is 32.4 Å². The predicted molar refractivity (Wildman–Crippen MR) is 135 cm³/mol. The molecule has 0 N–H and O–H groups in total. The van der Waals surface area contributed by atoms with E-state index >= 15 is 0 Å². The second-order valence-corrected chi connectivity index (χ2v) is 14.7. The maximum absolute atomic E-state index is 8.27. The predicted octanol–water partition coefficient (Wildman–Crippen LogP) is 6.70. The van der Waals surface area contributed by atoms with E-state index in [0.717, 1.165) is 44.3 Å². The summed E-state index contributed by atoms with van der Waals surface area (Å²) in [7, 11) is 0.346. The Kier molecular flexibility index (Phi) is 3.67. The largest absolute Gasteiger partial charge is 0.455 e. The summed E-state index contributed by atoms with van der Waals surface area (Å²) in [6, 6.07) is 18.6. The monoisotopic (exact) mass is 427 g/mol. The summed E-state index contributed by atoms with van der Waals surface area (Å²) in [6.45, 7) is 8.87. The lowest BCUT2D eigenvalue weighted by molar-refractivity contribution is -0.633. The number of rotatable bonds is 2. The molecule has 5 rings (SSSR count). The molecule has 156 valence electrons. The Labute approximate surface area is 189 Å². The van der Waals surface area contributed by atoms with Crippen LogP contribution in [0.25, 0.3) is 44.1 Å². The molecule has 2 aromatic heterocycles. The van der Waals surface area contributed by atoms with Crippen LogP contribution < -0.4 is 9.75 Å². The van der Waals surface area contributed by atoms with Crippen LogP contribution in [0.5, 0.6) is 0 Å². The molecule has 0 bridgehead atoms. The van der Waals surface area contributed by atoms with Crippen LogP contribution in [0.15, 0.2) is 59.0 Å². The zero-order valence-electron chi connectivity index (χ0n) is 22.1. The van der Waals surface area contributed by atoms with E-state index in [1.165, 1.54) is 16.1 Å². The molecule has 3 heteroatoms. The Balaban J connectivity index is 2.02. The first kappa shape index (κ1) is 16.7. The van der Waals surface area contributed by atoms with Gasteiger partial charge >= 0.3 is 0 Å². The molecule has 0 saturated heterocycles. The van der Waals surface area contributed by atoms with Crippen LogP contribution in [0.1, 0.15) is 20.8 Å². The Hall–Kier alpha value is -2.91. The summed E-state index contributed by atoms with van der Waals surface area (Å²) in [4.78, 5) is 0. The maximum atomic E-state index is 8.27. The van der Waals surface area contributed by atoms with Crippen molar-refractivity contribution in [2.75, 3.05) is 0 Å². The van der Waals surface area contributed by atoms with Crippen molar-refractivity contribution in [3.05, 3.63) is 71.3 Å². The summed E-state index contributed by atoms with van der Waals surface area (Å²) in [5, 5.41) is 4.41. The fraction of sp³-hybridized carbons (Fsp3) is 0.250. The summed E-state index contributed by atoms with van der Waals surface area (Å²) in [5.74, 6) is 0. The number of fused-ring (bicyclic) bond motifs is 4. The van der Waals surface area contributed by atoms with Gasteiger partial charge in [-0.1, -0.05) is 43.9 Å². The van der Waals surface area contributed by atoms with Crippen LogP contribution in [0.4, 0.5) is 0 Å². The van der Waals surface area contributed by atoms with E-state index in [4.69, 9.17) is 8.53 Å². The minimum absolute atomic E-state index is 0.375. The Bertz CT molecular complexity index is 1610. The Morgan fingerprint density at radius 2 is 1.68 bits per heavy atom. The van der Waals surface area contributed by atoms with Gasteiger partial charge in [-0.15, -0.1) is 0 Å². The summed E-state index contributed by atoms with van der Waals surface area (Å²) in [5.41, 5.74) is 6.84. The van der Waals surface area contributed by atoms with Crippen molar-refractivity contribution in [3.8, 4) is 11.3 Å². The molecule has 0 radical (unpaired) electrons. The van der Waals surface area contributed by atoms with E-state index in [1.54, 1.807) is 6.07 Å². The van der Waals surface area contributed by atoms with Crippen LogP contribution in [-0.2, 0) is 7.05 Å². The number of nitrogens with zero attached hydrogens (tertiary/aromatic N) is 1. The number of aromatic nitrogens is 1. The number of hydrogen-bond donors (Lipinski definition) is 0. The third-order valence-electron chi connectivity index (χ3n) is 6.44. The molecule has 0 spiro atoms. The number of para-hydroxylation sites is 1. The molecule has 31 heavy (non-hydrogen) atoms. The van der Waals surface area contributed by atoms with Gasteiger partial charge in [-0.05, 0) is 60.8 Å². The normalized spacial score (nSPS) is 14.2. The summed E-state index contributed by atoms with van der Waals surface area (Å²) in [6.07, 6.45) is 0. The van der Waals surface area contributed by atoms with Crippen molar-refractivity contribution in [2.24, 2.45) is 7.05 Å². The number of furan rings is 1. The molecular weight excluding hydrogens is 394 g/mol. The molecule has 0 atom stereocenters. The van der Waals surface area contributed by atoms with E-state index in [-0.39, 0.29) is 0 Å². The molecule has 0 amide bonds. The third kappa shape index (κ3) is 3.02. The van der Waals surface area contributed by atoms with Gasteiger partial charge in [0.1, 0.15) is 18.2 Å². The summed E-state index contributed by atoms with van der Waals surface area (Å²) >= 11 is 0. The van der Waals surface area contributed by atoms with Crippen LogP contribution >= 0.6 is 0 Å². The first-order valence-electron chi connectivity index (χ1n) is 12.3. The zero-order valence-corrected chi connectivity index (χ0v) is 20.1. The van der Waals surface area contributed by atoms with Gasteiger partial charge < -0.3 is 4.42 Å². The van der Waals surface area contributed by atoms with Crippen molar-refractivity contribution in [2.45, 2.75) is 40.3 Å². The second-order valence-electron chi connectivity index (χ2n) is 9.67.